The minimum Gasteiger partial charge on any atom is -0.477 e. The van der Waals surface area contributed by atoms with Crippen LogP contribution in [0.4, 0.5) is 0 Å². The zero-order valence-corrected chi connectivity index (χ0v) is 8.05. The van der Waals surface area contributed by atoms with Crippen molar-refractivity contribution in [3.8, 4) is 0 Å². The van der Waals surface area contributed by atoms with Gasteiger partial charge in [0.2, 0.25) is 0 Å². The van der Waals surface area contributed by atoms with Crippen molar-refractivity contribution in [2.75, 3.05) is 20.1 Å². The zero-order valence-electron chi connectivity index (χ0n) is 8.05. The van der Waals surface area contributed by atoms with Gasteiger partial charge in [-0.2, -0.15) is 0 Å². The smallest absolute Gasteiger partial charge is 0.354 e. The van der Waals surface area contributed by atoms with E-state index in [2.05, 4.69) is 9.88 Å². The number of likely N-dealkylation sites (tertiary alicyclic amines) is 1. The van der Waals surface area contributed by atoms with Gasteiger partial charge in [-0.1, -0.05) is 0 Å². The quantitative estimate of drug-likeness (QED) is 0.744. The van der Waals surface area contributed by atoms with Gasteiger partial charge in [0.25, 0.3) is 0 Å². The maximum atomic E-state index is 10.8. The summed E-state index contributed by atoms with van der Waals surface area (Å²) in [6, 6.07) is 0.258. The van der Waals surface area contributed by atoms with Gasteiger partial charge in [0.1, 0.15) is 5.69 Å². The first kappa shape index (κ1) is 9.21. The molecular formula is C9H13N3O2. The lowest BCUT2D eigenvalue weighted by Gasteiger charge is -2.13. The molecule has 0 aliphatic carbocycles. The molecule has 1 N–H and O–H groups in total. The van der Waals surface area contributed by atoms with Crippen LogP contribution < -0.4 is 0 Å². The normalized spacial score (nSPS) is 22.8. The number of aromatic carboxylic acids is 1. The van der Waals surface area contributed by atoms with Crippen LogP contribution in [-0.2, 0) is 0 Å². The van der Waals surface area contributed by atoms with Crippen molar-refractivity contribution in [1.82, 2.24) is 14.5 Å². The second kappa shape index (κ2) is 3.42. The van der Waals surface area contributed by atoms with Gasteiger partial charge in [0, 0.05) is 12.6 Å². The van der Waals surface area contributed by atoms with E-state index in [0.717, 1.165) is 19.5 Å². The molecule has 0 radical (unpaired) electrons. The van der Waals surface area contributed by atoms with Crippen LogP contribution >= 0.6 is 0 Å². The fraction of sp³-hybridized carbons (Fsp3) is 0.556. The fourth-order valence-electron chi connectivity index (χ4n) is 1.90. The fourth-order valence-corrected chi connectivity index (χ4v) is 1.90. The maximum Gasteiger partial charge on any atom is 0.354 e. The predicted octanol–water partition coefficient (Wildman–Crippen LogP) is 0.458. The minimum absolute atomic E-state index is 0.258. The number of carboxylic acids is 1. The topological polar surface area (TPSA) is 58.4 Å². The summed E-state index contributed by atoms with van der Waals surface area (Å²) in [6.07, 6.45) is 4.00. The molecule has 0 amide bonds. The Bertz CT molecular complexity index is 348. The van der Waals surface area contributed by atoms with E-state index in [0.29, 0.717) is 0 Å². The Labute approximate surface area is 82.0 Å². The van der Waals surface area contributed by atoms with Gasteiger partial charge < -0.3 is 14.6 Å². The number of carboxylic acid groups (broad SMARTS) is 1. The van der Waals surface area contributed by atoms with Crippen LogP contribution in [0, 0.1) is 0 Å². The van der Waals surface area contributed by atoms with Crippen LogP contribution in [0.25, 0.3) is 0 Å². The Morgan fingerprint density at radius 3 is 3.07 bits per heavy atom. The van der Waals surface area contributed by atoms with Gasteiger partial charge in [-0.3, -0.25) is 0 Å². The Hall–Kier alpha value is -1.36. The van der Waals surface area contributed by atoms with Crippen molar-refractivity contribution in [2.45, 2.75) is 12.5 Å². The van der Waals surface area contributed by atoms with Crippen molar-refractivity contribution in [1.29, 1.82) is 0 Å². The number of aromatic nitrogens is 2. The van der Waals surface area contributed by atoms with Gasteiger partial charge in [0.15, 0.2) is 0 Å². The molecule has 76 valence electrons. The highest BCUT2D eigenvalue weighted by Gasteiger charge is 2.24. The third kappa shape index (κ3) is 1.50. The van der Waals surface area contributed by atoms with E-state index in [1.165, 1.54) is 6.20 Å². The van der Waals surface area contributed by atoms with Crippen molar-refractivity contribution < 1.29 is 9.90 Å². The predicted molar refractivity (Wildman–Crippen MR) is 50.3 cm³/mol. The summed E-state index contributed by atoms with van der Waals surface area (Å²) < 4.78 is 1.76. The molecule has 0 spiro atoms. The first-order chi connectivity index (χ1) is 6.68. The van der Waals surface area contributed by atoms with E-state index in [1.54, 1.807) is 10.9 Å². The highest BCUT2D eigenvalue weighted by molar-refractivity contribution is 5.85. The number of nitrogens with zero attached hydrogens (tertiary/aromatic N) is 3. The van der Waals surface area contributed by atoms with Crippen LogP contribution in [-0.4, -0.2) is 45.7 Å². The van der Waals surface area contributed by atoms with Gasteiger partial charge >= 0.3 is 5.97 Å². The molecule has 1 aliphatic rings. The van der Waals surface area contributed by atoms with E-state index in [9.17, 15) is 4.79 Å². The lowest BCUT2D eigenvalue weighted by molar-refractivity contribution is 0.0682. The van der Waals surface area contributed by atoms with Crippen LogP contribution in [0.1, 0.15) is 23.0 Å². The molecule has 1 unspecified atom stereocenters. The number of carbonyl (C=O) groups is 1. The van der Waals surface area contributed by atoms with Gasteiger partial charge in [-0.15, -0.1) is 0 Å². The summed E-state index contributed by atoms with van der Waals surface area (Å²) in [7, 11) is 2.04. The van der Waals surface area contributed by atoms with Gasteiger partial charge in [-0.05, 0) is 20.0 Å². The molecule has 0 aromatic carbocycles. The molecule has 14 heavy (non-hydrogen) atoms. The summed E-state index contributed by atoms with van der Waals surface area (Å²) in [6.45, 7) is 1.92. The van der Waals surface area contributed by atoms with Crippen molar-refractivity contribution in [2.24, 2.45) is 0 Å². The molecule has 5 heteroatoms. The molecule has 1 aromatic rings. The second-order valence-electron chi connectivity index (χ2n) is 3.70. The third-order valence-corrected chi connectivity index (χ3v) is 2.65. The standard InChI is InChI=1S/C9H13N3O2/c1-11-3-2-7(5-11)12-6-10-4-8(12)9(13)14/h4,6-7H,2-3,5H2,1H3,(H,13,14). The third-order valence-electron chi connectivity index (χ3n) is 2.65. The monoisotopic (exact) mass is 195 g/mol. The van der Waals surface area contributed by atoms with Crippen LogP contribution in [0.3, 0.4) is 0 Å². The van der Waals surface area contributed by atoms with E-state index in [-0.39, 0.29) is 11.7 Å². The van der Waals surface area contributed by atoms with E-state index >= 15 is 0 Å². The van der Waals surface area contributed by atoms with Crippen LogP contribution in [0.15, 0.2) is 12.5 Å². The average Bonchev–Trinajstić information content (AvgIpc) is 2.70. The first-order valence-electron chi connectivity index (χ1n) is 4.62. The highest BCUT2D eigenvalue weighted by atomic mass is 16.4. The first-order valence-corrected chi connectivity index (χ1v) is 4.62. The van der Waals surface area contributed by atoms with Crippen molar-refractivity contribution >= 4 is 5.97 Å². The molecule has 0 bridgehead atoms. The molecule has 1 aliphatic heterocycles. The number of hydrogen-bond donors (Lipinski definition) is 1. The Morgan fingerprint density at radius 1 is 1.71 bits per heavy atom. The molecule has 2 heterocycles. The Kier molecular flexibility index (Phi) is 2.25. The molecule has 1 fully saturated rings. The molecular weight excluding hydrogens is 182 g/mol. The number of likely N-dealkylation sites (N-methyl/N-ethyl adjacent to an activating group) is 1. The van der Waals surface area contributed by atoms with E-state index in [1.807, 2.05) is 7.05 Å². The summed E-state index contributed by atoms with van der Waals surface area (Å²) in [4.78, 5) is 16.9. The number of hydrogen-bond acceptors (Lipinski definition) is 3. The van der Waals surface area contributed by atoms with Gasteiger partial charge in [-0.25, -0.2) is 9.78 Å². The molecule has 0 saturated carbocycles. The summed E-state index contributed by atoms with van der Waals surface area (Å²) in [5, 5.41) is 8.91. The SMILES string of the molecule is CN1CCC(n2cncc2C(=O)O)C1. The number of rotatable bonds is 2. The summed E-state index contributed by atoms with van der Waals surface area (Å²) in [5.74, 6) is -0.906. The minimum atomic E-state index is -0.906. The van der Waals surface area contributed by atoms with Crippen molar-refractivity contribution in [3.05, 3.63) is 18.2 Å². The average molecular weight is 195 g/mol. The lowest BCUT2D eigenvalue weighted by atomic mass is 10.2. The lowest BCUT2D eigenvalue weighted by Crippen LogP contribution is -2.18. The summed E-state index contributed by atoms with van der Waals surface area (Å²) in [5.41, 5.74) is 0.283. The highest BCUT2D eigenvalue weighted by Crippen LogP contribution is 2.21. The largest absolute Gasteiger partial charge is 0.477 e. The molecule has 1 atom stereocenters. The molecule has 1 aromatic heterocycles. The Balaban J connectivity index is 2.23. The maximum absolute atomic E-state index is 10.8. The van der Waals surface area contributed by atoms with E-state index < -0.39 is 5.97 Å². The molecule has 2 rings (SSSR count). The van der Waals surface area contributed by atoms with Crippen LogP contribution in [0.2, 0.25) is 0 Å². The zero-order chi connectivity index (χ0) is 10.1. The Morgan fingerprint density at radius 2 is 2.50 bits per heavy atom. The van der Waals surface area contributed by atoms with Crippen molar-refractivity contribution in [3.63, 3.8) is 0 Å². The second-order valence-corrected chi connectivity index (χ2v) is 3.70. The molecule has 5 nitrogen and oxygen atoms in total. The van der Waals surface area contributed by atoms with Crippen LogP contribution in [0.5, 0.6) is 0 Å². The summed E-state index contributed by atoms with van der Waals surface area (Å²) >= 11 is 0. The molecule has 1 saturated heterocycles. The number of imidazole rings is 1. The van der Waals surface area contributed by atoms with Gasteiger partial charge in [0.05, 0.1) is 12.5 Å². The van der Waals surface area contributed by atoms with E-state index in [4.69, 9.17) is 5.11 Å².